The van der Waals surface area contributed by atoms with Crippen molar-refractivity contribution in [2.24, 2.45) is 5.92 Å². The summed E-state index contributed by atoms with van der Waals surface area (Å²) in [6, 6.07) is 1.80. The van der Waals surface area contributed by atoms with Gasteiger partial charge in [-0.3, -0.25) is 4.79 Å². The van der Waals surface area contributed by atoms with Crippen molar-refractivity contribution in [3.05, 3.63) is 37.2 Å². The van der Waals surface area contributed by atoms with Gasteiger partial charge in [0.25, 0.3) is 0 Å². The van der Waals surface area contributed by atoms with Gasteiger partial charge in [0, 0.05) is 51.0 Å². The highest BCUT2D eigenvalue weighted by molar-refractivity contribution is 5.79. The average molecular weight is 314 g/mol. The lowest BCUT2D eigenvalue weighted by atomic mass is 9.97. The largest absolute Gasteiger partial charge is 0.356 e. The normalized spacial score (nSPS) is 17.9. The van der Waals surface area contributed by atoms with Gasteiger partial charge < -0.3 is 14.8 Å². The van der Waals surface area contributed by atoms with Crippen molar-refractivity contribution < 1.29 is 4.79 Å². The molecule has 7 nitrogen and oxygen atoms in total. The maximum Gasteiger partial charge on any atom is 0.225 e. The lowest BCUT2D eigenvalue weighted by molar-refractivity contribution is -0.125. The van der Waals surface area contributed by atoms with E-state index in [9.17, 15) is 4.79 Å². The van der Waals surface area contributed by atoms with Gasteiger partial charge in [-0.25, -0.2) is 15.0 Å². The van der Waals surface area contributed by atoms with Crippen molar-refractivity contribution >= 4 is 11.9 Å². The summed E-state index contributed by atoms with van der Waals surface area (Å²) >= 11 is 0. The number of hydrogen-bond donors (Lipinski definition) is 1. The molecule has 0 spiro atoms. The van der Waals surface area contributed by atoms with Gasteiger partial charge >= 0.3 is 0 Å². The summed E-state index contributed by atoms with van der Waals surface area (Å²) < 4.78 is 2.02. The number of carbonyl (C=O) groups excluding carboxylic acids is 1. The van der Waals surface area contributed by atoms with Crippen LogP contribution in [0, 0.1) is 5.92 Å². The third kappa shape index (κ3) is 4.28. The highest BCUT2D eigenvalue weighted by Gasteiger charge is 2.26. The summed E-state index contributed by atoms with van der Waals surface area (Å²) in [5.41, 5.74) is 0. The first-order valence-corrected chi connectivity index (χ1v) is 8.08. The maximum absolute atomic E-state index is 12.3. The first kappa shape index (κ1) is 15.5. The van der Waals surface area contributed by atoms with Gasteiger partial charge in [0.15, 0.2) is 0 Å². The molecule has 0 radical (unpaired) electrons. The van der Waals surface area contributed by atoms with Crippen LogP contribution in [0.1, 0.15) is 19.3 Å². The van der Waals surface area contributed by atoms with Gasteiger partial charge in [-0.05, 0) is 25.3 Å². The van der Waals surface area contributed by atoms with E-state index in [2.05, 4.69) is 25.2 Å². The van der Waals surface area contributed by atoms with E-state index in [1.54, 1.807) is 31.0 Å². The Morgan fingerprint density at radius 3 is 2.96 bits per heavy atom. The summed E-state index contributed by atoms with van der Waals surface area (Å²) in [6.07, 6.45) is 11.8. The van der Waals surface area contributed by atoms with Gasteiger partial charge in [-0.15, -0.1) is 0 Å². The van der Waals surface area contributed by atoms with Gasteiger partial charge in [0.1, 0.15) is 0 Å². The Balaban J connectivity index is 1.43. The Labute approximate surface area is 135 Å². The molecule has 1 amide bonds. The monoisotopic (exact) mass is 314 g/mol. The number of aryl methyl sites for hydroxylation is 1. The van der Waals surface area contributed by atoms with Crippen LogP contribution < -0.4 is 10.2 Å². The molecule has 1 aliphatic rings. The fourth-order valence-electron chi connectivity index (χ4n) is 2.86. The van der Waals surface area contributed by atoms with E-state index >= 15 is 0 Å². The standard InChI is InChI=1S/C16H22N6O/c23-15(18-7-3-9-21-11-8-17-13-21)14-4-1-10-22(12-14)16-19-5-2-6-20-16/h2,5-6,8,11,13-14H,1,3-4,7,9-10,12H2,(H,18,23)/t14-/m0/s1. The van der Waals surface area contributed by atoms with Crippen LogP contribution in [0.15, 0.2) is 37.2 Å². The number of rotatable bonds is 6. The molecule has 1 aliphatic heterocycles. The molecule has 122 valence electrons. The van der Waals surface area contributed by atoms with E-state index in [1.807, 2.05) is 10.8 Å². The SMILES string of the molecule is O=C(NCCCn1ccnc1)[C@H]1CCCN(c2ncccn2)C1. The number of carbonyl (C=O) groups is 1. The molecule has 1 fully saturated rings. The number of nitrogens with zero attached hydrogens (tertiary/aromatic N) is 5. The Hall–Kier alpha value is -2.44. The number of anilines is 1. The molecule has 0 aromatic carbocycles. The second-order valence-corrected chi connectivity index (χ2v) is 5.78. The van der Waals surface area contributed by atoms with Gasteiger partial charge in [-0.1, -0.05) is 0 Å². The van der Waals surface area contributed by atoms with E-state index in [-0.39, 0.29) is 11.8 Å². The Morgan fingerprint density at radius 1 is 1.30 bits per heavy atom. The van der Waals surface area contributed by atoms with Crippen LogP contribution in [0.5, 0.6) is 0 Å². The third-order valence-corrected chi connectivity index (χ3v) is 4.08. The predicted octanol–water partition coefficient (Wildman–Crippen LogP) is 1.10. The van der Waals surface area contributed by atoms with E-state index in [4.69, 9.17) is 0 Å². The second-order valence-electron chi connectivity index (χ2n) is 5.78. The van der Waals surface area contributed by atoms with E-state index in [0.29, 0.717) is 19.0 Å². The average Bonchev–Trinajstić information content (AvgIpc) is 3.13. The highest BCUT2D eigenvalue weighted by Crippen LogP contribution is 2.19. The van der Waals surface area contributed by atoms with Gasteiger partial charge in [0.05, 0.1) is 12.2 Å². The molecule has 0 saturated carbocycles. The second kappa shape index (κ2) is 7.71. The summed E-state index contributed by atoms with van der Waals surface area (Å²) in [5, 5.41) is 3.05. The molecule has 1 saturated heterocycles. The molecule has 0 aliphatic carbocycles. The van der Waals surface area contributed by atoms with Gasteiger partial charge in [-0.2, -0.15) is 0 Å². The van der Waals surface area contributed by atoms with Crippen molar-refractivity contribution in [2.45, 2.75) is 25.8 Å². The fraction of sp³-hybridized carbons (Fsp3) is 0.500. The number of piperidine rings is 1. The zero-order valence-electron chi connectivity index (χ0n) is 13.1. The summed E-state index contributed by atoms with van der Waals surface area (Å²) in [5.74, 6) is 0.863. The smallest absolute Gasteiger partial charge is 0.225 e. The van der Waals surface area contributed by atoms with Crippen LogP contribution in [0.3, 0.4) is 0 Å². The highest BCUT2D eigenvalue weighted by atomic mass is 16.1. The minimum atomic E-state index is 0.0146. The number of imidazole rings is 1. The Morgan fingerprint density at radius 2 is 2.17 bits per heavy atom. The number of aromatic nitrogens is 4. The number of hydrogen-bond acceptors (Lipinski definition) is 5. The Kier molecular flexibility index (Phi) is 5.18. The van der Waals surface area contributed by atoms with Crippen molar-refractivity contribution in [2.75, 3.05) is 24.5 Å². The van der Waals surface area contributed by atoms with Crippen molar-refractivity contribution in [1.82, 2.24) is 24.8 Å². The molecule has 0 unspecified atom stereocenters. The van der Waals surface area contributed by atoms with Crippen LogP contribution in [-0.4, -0.2) is 45.1 Å². The first-order chi connectivity index (χ1) is 11.3. The third-order valence-electron chi connectivity index (χ3n) is 4.08. The van der Waals surface area contributed by atoms with Crippen LogP contribution in [-0.2, 0) is 11.3 Å². The zero-order valence-corrected chi connectivity index (χ0v) is 13.1. The summed E-state index contributed by atoms with van der Waals surface area (Å²) in [4.78, 5) is 27.0. The van der Waals surface area contributed by atoms with Gasteiger partial charge in [0.2, 0.25) is 11.9 Å². The molecule has 1 atom stereocenters. The number of nitrogens with one attached hydrogen (secondary N) is 1. The van der Waals surface area contributed by atoms with Crippen LogP contribution >= 0.6 is 0 Å². The summed E-state index contributed by atoms with van der Waals surface area (Å²) in [7, 11) is 0. The maximum atomic E-state index is 12.3. The molecule has 23 heavy (non-hydrogen) atoms. The fourth-order valence-corrected chi connectivity index (χ4v) is 2.86. The molecule has 7 heteroatoms. The minimum absolute atomic E-state index is 0.0146. The first-order valence-electron chi connectivity index (χ1n) is 8.08. The lowest BCUT2D eigenvalue weighted by Gasteiger charge is -2.31. The van der Waals surface area contributed by atoms with E-state index in [0.717, 1.165) is 32.4 Å². The molecule has 2 aromatic heterocycles. The molecule has 3 heterocycles. The van der Waals surface area contributed by atoms with Crippen molar-refractivity contribution in [1.29, 1.82) is 0 Å². The molecular weight excluding hydrogens is 292 g/mol. The molecule has 1 N–H and O–H groups in total. The Bertz CT molecular complexity index is 600. The van der Waals surface area contributed by atoms with Crippen molar-refractivity contribution in [3.8, 4) is 0 Å². The quantitative estimate of drug-likeness (QED) is 0.808. The molecular formula is C16H22N6O. The predicted molar refractivity (Wildman–Crippen MR) is 86.8 cm³/mol. The lowest BCUT2D eigenvalue weighted by Crippen LogP contribution is -2.44. The van der Waals surface area contributed by atoms with Crippen LogP contribution in [0.25, 0.3) is 0 Å². The number of amides is 1. The topological polar surface area (TPSA) is 75.9 Å². The molecule has 3 rings (SSSR count). The molecule has 2 aromatic rings. The van der Waals surface area contributed by atoms with Crippen LogP contribution in [0.2, 0.25) is 0 Å². The summed E-state index contributed by atoms with van der Waals surface area (Å²) in [6.45, 7) is 3.16. The minimum Gasteiger partial charge on any atom is -0.356 e. The zero-order chi connectivity index (χ0) is 15.9. The van der Waals surface area contributed by atoms with Crippen molar-refractivity contribution in [3.63, 3.8) is 0 Å². The van der Waals surface area contributed by atoms with E-state index in [1.165, 1.54) is 0 Å². The van der Waals surface area contributed by atoms with Crippen LogP contribution in [0.4, 0.5) is 5.95 Å². The molecule has 0 bridgehead atoms. The van der Waals surface area contributed by atoms with E-state index < -0.39 is 0 Å².